The van der Waals surface area contributed by atoms with Crippen molar-refractivity contribution >= 4 is 0 Å². The number of hydrogen-bond acceptors (Lipinski definition) is 1. The first kappa shape index (κ1) is 16.1. The summed E-state index contributed by atoms with van der Waals surface area (Å²) in [5, 5.41) is 0. The molecule has 0 saturated carbocycles. The molecular weight excluding hydrogens is 234 g/mol. The molecule has 0 atom stereocenters. The molecule has 0 aliphatic rings. The van der Waals surface area contributed by atoms with E-state index in [9.17, 15) is 0 Å². The van der Waals surface area contributed by atoms with Crippen molar-refractivity contribution in [2.24, 2.45) is 10.4 Å². The summed E-state index contributed by atoms with van der Waals surface area (Å²) in [7, 11) is 0. The van der Waals surface area contributed by atoms with Crippen molar-refractivity contribution < 1.29 is 0 Å². The van der Waals surface area contributed by atoms with Crippen molar-refractivity contribution in [3.05, 3.63) is 17.0 Å². The quantitative estimate of drug-likeness (QED) is 0.788. The molecule has 3 nitrogen and oxygen atoms in total. The topological polar surface area (TPSA) is 22.2 Å². The Labute approximate surface area is 118 Å². The lowest BCUT2D eigenvalue weighted by atomic mass is 9.97. The molecule has 0 aliphatic heterocycles. The first-order chi connectivity index (χ1) is 8.56. The number of aromatic nitrogens is 2. The number of imidazole rings is 1. The summed E-state index contributed by atoms with van der Waals surface area (Å²) in [6.45, 7) is 20.9. The minimum absolute atomic E-state index is 0.225. The van der Waals surface area contributed by atoms with Gasteiger partial charge in [0.1, 0.15) is 0 Å². The van der Waals surface area contributed by atoms with Crippen molar-refractivity contribution in [2.75, 3.05) is 6.54 Å². The molecule has 3 heteroatoms. The van der Waals surface area contributed by atoms with E-state index in [0.717, 1.165) is 12.2 Å². The Balaban J connectivity index is 3.54. The Morgan fingerprint density at radius 1 is 0.895 bits per heavy atom. The molecule has 0 radical (unpaired) electrons. The maximum Gasteiger partial charge on any atom is 0.205 e. The third-order valence-corrected chi connectivity index (χ3v) is 3.40. The molecule has 0 N–H and O–H groups in total. The van der Waals surface area contributed by atoms with Crippen LogP contribution in [-0.2, 0) is 0 Å². The van der Waals surface area contributed by atoms with E-state index in [1.54, 1.807) is 0 Å². The van der Waals surface area contributed by atoms with Gasteiger partial charge >= 0.3 is 0 Å². The number of rotatable bonds is 3. The average molecular weight is 265 g/mol. The zero-order valence-corrected chi connectivity index (χ0v) is 14.2. The van der Waals surface area contributed by atoms with Gasteiger partial charge in [-0.25, -0.2) is 0 Å². The van der Waals surface area contributed by atoms with Crippen LogP contribution < -0.4 is 5.62 Å². The Hall–Kier alpha value is -0.990. The van der Waals surface area contributed by atoms with E-state index < -0.39 is 0 Å². The van der Waals surface area contributed by atoms with Crippen molar-refractivity contribution in [3.63, 3.8) is 0 Å². The molecule has 110 valence electrons. The molecule has 0 saturated heterocycles. The van der Waals surface area contributed by atoms with E-state index in [2.05, 4.69) is 71.4 Å². The fourth-order valence-corrected chi connectivity index (χ4v) is 2.46. The van der Waals surface area contributed by atoms with E-state index in [-0.39, 0.29) is 5.41 Å². The molecule has 1 rings (SSSR count). The maximum absolute atomic E-state index is 4.93. The van der Waals surface area contributed by atoms with Crippen molar-refractivity contribution in [3.8, 4) is 0 Å². The average Bonchev–Trinajstić information content (AvgIpc) is 2.47. The Morgan fingerprint density at radius 2 is 1.26 bits per heavy atom. The minimum Gasteiger partial charge on any atom is -0.312 e. The molecular formula is C16H31N3. The molecule has 0 unspecified atom stereocenters. The smallest absolute Gasteiger partial charge is 0.205 e. The van der Waals surface area contributed by atoms with Crippen LogP contribution in [-0.4, -0.2) is 15.7 Å². The summed E-state index contributed by atoms with van der Waals surface area (Å²) in [5.74, 6) is 0. The van der Waals surface area contributed by atoms with Crippen LogP contribution in [0.3, 0.4) is 0 Å². The van der Waals surface area contributed by atoms with Crippen LogP contribution in [0, 0.1) is 19.3 Å². The van der Waals surface area contributed by atoms with Crippen LogP contribution in [0.1, 0.15) is 71.9 Å². The minimum atomic E-state index is 0.225. The fraction of sp³-hybridized carbons (Fsp3) is 0.812. The summed E-state index contributed by atoms with van der Waals surface area (Å²) in [6, 6.07) is 0.884. The van der Waals surface area contributed by atoms with Crippen LogP contribution in [0.25, 0.3) is 0 Å². The summed E-state index contributed by atoms with van der Waals surface area (Å²) >= 11 is 0. The van der Waals surface area contributed by atoms with Gasteiger partial charge in [-0.1, -0.05) is 20.8 Å². The highest BCUT2D eigenvalue weighted by Crippen LogP contribution is 2.16. The normalized spacial score (nSPS) is 12.6. The number of hydrogen-bond donors (Lipinski definition) is 0. The summed E-state index contributed by atoms with van der Waals surface area (Å²) in [4.78, 5) is 4.93. The molecule has 0 spiro atoms. The van der Waals surface area contributed by atoms with E-state index >= 15 is 0 Å². The van der Waals surface area contributed by atoms with Crippen LogP contribution in [0.15, 0.2) is 4.99 Å². The first-order valence-corrected chi connectivity index (χ1v) is 7.36. The standard InChI is InChI=1S/C16H31N3/c1-11(2)18-13(5)14(6)19(12(3)4)15(18)17-10-16(7,8)9/h11-12H,10H2,1-9H3. The van der Waals surface area contributed by atoms with Crippen molar-refractivity contribution in [2.45, 2.75) is 74.4 Å². The number of nitrogens with zero attached hydrogens (tertiary/aromatic N) is 3. The molecule has 1 heterocycles. The van der Waals surface area contributed by atoms with E-state index in [4.69, 9.17) is 4.99 Å². The van der Waals surface area contributed by atoms with Crippen LogP contribution in [0.2, 0.25) is 0 Å². The lowest BCUT2D eigenvalue weighted by Gasteiger charge is -2.17. The van der Waals surface area contributed by atoms with Gasteiger partial charge in [0.2, 0.25) is 5.62 Å². The van der Waals surface area contributed by atoms with Crippen molar-refractivity contribution in [1.82, 2.24) is 9.13 Å². The van der Waals surface area contributed by atoms with E-state index in [1.165, 1.54) is 11.4 Å². The largest absolute Gasteiger partial charge is 0.312 e. The van der Waals surface area contributed by atoms with Gasteiger partial charge < -0.3 is 9.13 Å². The fourth-order valence-electron chi connectivity index (χ4n) is 2.46. The highest BCUT2D eigenvalue weighted by molar-refractivity contribution is 5.13. The van der Waals surface area contributed by atoms with E-state index in [0.29, 0.717) is 12.1 Å². The van der Waals surface area contributed by atoms with Gasteiger partial charge in [0, 0.05) is 30.0 Å². The van der Waals surface area contributed by atoms with Gasteiger partial charge in [-0.3, -0.25) is 4.99 Å². The second kappa shape index (κ2) is 5.56. The SMILES string of the molecule is Cc1c(C)n(C(C)C)c(=NCC(C)(C)C)n1C(C)C. The maximum atomic E-state index is 4.93. The summed E-state index contributed by atoms with van der Waals surface area (Å²) in [5.41, 5.74) is 4.01. The Bertz CT molecular complexity index is 459. The predicted molar refractivity (Wildman–Crippen MR) is 82.6 cm³/mol. The van der Waals surface area contributed by atoms with Crippen LogP contribution in [0.4, 0.5) is 0 Å². The van der Waals surface area contributed by atoms with Gasteiger partial charge in [-0.2, -0.15) is 0 Å². The van der Waals surface area contributed by atoms with Gasteiger partial charge in [0.05, 0.1) is 0 Å². The van der Waals surface area contributed by atoms with Crippen LogP contribution >= 0.6 is 0 Å². The zero-order valence-electron chi connectivity index (χ0n) is 14.2. The molecule has 0 fully saturated rings. The first-order valence-electron chi connectivity index (χ1n) is 7.36. The monoisotopic (exact) mass is 265 g/mol. The molecule has 0 amide bonds. The molecule has 1 aromatic heterocycles. The highest BCUT2D eigenvalue weighted by Gasteiger charge is 2.17. The van der Waals surface area contributed by atoms with Crippen LogP contribution in [0.5, 0.6) is 0 Å². The second-order valence-electron chi connectivity index (χ2n) is 7.28. The lowest BCUT2D eigenvalue weighted by molar-refractivity contribution is 0.410. The van der Waals surface area contributed by atoms with Gasteiger partial charge in [-0.05, 0) is 47.0 Å². The van der Waals surface area contributed by atoms with Crippen molar-refractivity contribution in [1.29, 1.82) is 0 Å². The van der Waals surface area contributed by atoms with Gasteiger partial charge in [0.25, 0.3) is 0 Å². The zero-order chi connectivity index (χ0) is 15.0. The third kappa shape index (κ3) is 3.52. The molecule has 1 aromatic rings. The lowest BCUT2D eigenvalue weighted by Crippen LogP contribution is -2.31. The molecule has 0 aliphatic carbocycles. The van der Waals surface area contributed by atoms with Gasteiger partial charge in [0.15, 0.2) is 0 Å². The summed E-state index contributed by atoms with van der Waals surface area (Å²) < 4.78 is 4.72. The predicted octanol–water partition coefficient (Wildman–Crippen LogP) is 4.02. The second-order valence-corrected chi connectivity index (χ2v) is 7.28. The van der Waals surface area contributed by atoms with Gasteiger partial charge in [-0.15, -0.1) is 0 Å². The Morgan fingerprint density at radius 3 is 1.53 bits per heavy atom. The van der Waals surface area contributed by atoms with E-state index in [1.807, 2.05) is 0 Å². The highest BCUT2D eigenvalue weighted by atomic mass is 15.2. The Kier molecular flexibility index (Phi) is 4.70. The molecule has 0 aromatic carbocycles. The molecule has 19 heavy (non-hydrogen) atoms. The molecule has 0 bridgehead atoms. The third-order valence-electron chi connectivity index (χ3n) is 3.40. The summed E-state index contributed by atoms with van der Waals surface area (Å²) in [6.07, 6.45) is 0.